The van der Waals surface area contributed by atoms with Crippen molar-refractivity contribution in [2.45, 2.75) is 26.0 Å². The maximum atomic E-state index is 12.7. The lowest BCUT2D eigenvalue weighted by Crippen LogP contribution is -2.40. The highest BCUT2D eigenvalue weighted by molar-refractivity contribution is 6.30. The van der Waals surface area contributed by atoms with Crippen LogP contribution in [0, 0.1) is 5.92 Å². The van der Waals surface area contributed by atoms with Crippen molar-refractivity contribution >= 4 is 35.0 Å². The lowest BCUT2D eigenvalue weighted by molar-refractivity contribution is 0.0870. The van der Waals surface area contributed by atoms with Crippen molar-refractivity contribution < 1.29 is 14.7 Å². The molecule has 8 heteroatoms. The number of aliphatic hydroxyl groups is 1. The maximum absolute atomic E-state index is 12.7. The zero-order valence-electron chi connectivity index (χ0n) is 17.7. The quantitative estimate of drug-likeness (QED) is 0.410. The van der Waals surface area contributed by atoms with E-state index in [-0.39, 0.29) is 11.8 Å². The summed E-state index contributed by atoms with van der Waals surface area (Å²) in [7, 11) is 0. The molecule has 166 valence electrons. The average Bonchev–Trinajstić information content (AvgIpc) is 2.79. The van der Waals surface area contributed by atoms with Crippen LogP contribution in [0.1, 0.15) is 35.8 Å². The van der Waals surface area contributed by atoms with E-state index in [2.05, 4.69) is 20.9 Å². The Hall–Kier alpha value is -3.42. The van der Waals surface area contributed by atoms with Gasteiger partial charge in [-0.25, -0.2) is 9.78 Å². The number of benzene rings is 2. The van der Waals surface area contributed by atoms with E-state index in [9.17, 15) is 14.7 Å². The molecule has 2 aromatic carbocycles. The number of hydrogen-bond acceptors (Lipinski definition) is 4. The molecule has 32 heavy (non-hydrogen) atoms. The zero-order chi connectivity index (χ0) is 23.1. The number of rotatable bonds is 7. The van der Waals surface area contributed by atoms with Crippen LogP contribution in [0.25, 0.3) is 0 Å². The number of amides is 3. The summed E-state index contributed by atoms with van der Waals surface area (Å²) in [6.45, 7) is 3.77. The second-order valence-corrected chi connectivity index (χ2v) is 8.05. The van der Waals surface area contributed by atoms with Crippen LogP contribution in [-0.2, 0) is 0 Å². The number of aromatic nitrogens is 1. The van der Waals surface area contributed by atoms with Gasteiger partial charge in [0.15, 0.2) is 0 Å². The van der Waals surface area contributed by atoms with Crippen LogP contribution in [0.3, 0.4) is 0 Å². The number of hydrogen-bond donors (Lipinski definition) is 4. The van der Waals surface area contributed by atoms with E-state index in [0.717, 1.165) is 5.56 Å². The van der Waals surface area contributed by atoms with Gasteiger partial charge in [-0.2, -0.15) is 0 Å². The maximum Gasteiger partial charge on any atom is 0.319 e. The average molecular weight is 453 g/mol. The van der Waals surface area contributed by atoms with Crippen LogP contribution in [0.2, 0.25) is 5.02 Å². The van der Waals surface area contributed by atoms with Gasteiger partial charge in [-0.3, -0.25) is 4.79 Å². The molecule has 3 aromatic rings. The van der Waals surface area contributed by atoms with E-state index in [0.29, 0.717) is 22.1 Å². The molecule has 3 amide bonds. The molecule has 0 spiro atoms. The molecule has 1 heterocycles. The molecule has 0 aliphatic heterocycles. The van der Waals surface area contributed by atoms with Gasteiger partial charge in [-0.15, -0.1) is 0 Å². The molecule has 0 saturated heterocycles. The smallest absolute Gasteiger partial charge is 0.319 e. The summed E-state index contributed by atoms with van der Waals surface area (Å²) in [6, 6.07) is 18.0. The molecule has 4 N–H and O–H groups in total. The number of nitrogens with one attached hydrogen (secondary N) is 3. The third-order valence-electron chi connectivity index (χ3n) is 4.82. The number of carbonyl (C=O) groups is 2. The number of pyridine rings is 1. The summed E-state index contributed by atoms with van der Waals surface area (Å²) in [6.07, 6.45) is 0.668. The molecule has 0 aliphatic rings. The Morgan fingerprint density at radius 3 is 2.38 bits per heavy atom. The summed E-state index contributed by atoms with van der Waals surface area (Å²) in [5, 5.41) is 19.3. The highest BCUT2D eigenvalue weighted by Crippen LogP contribution is 2.22. The molecule has 1 aromatic heterocycles. The monoisotopic (exact) mass is 452 g/mol. The first kappa shape index (κ1) is 23.2. The summed E-state index contributed by atoms with van der Waals surface area (Å²) in [5.74, 6) is -0.0702. The molecule has 0 fully saturated rings. The van der Waals surface area contributed by atoms with Gasteiger partial charge in [0, 0.05) is 17.4 Å². The SMILES string of the molecule is CC(C)C(O)C(NC(=O)Nc1cccc(C(=O)Nc2ccc(Cl)cn2)c1)c1ccccc1. The van der Waals surface area contributed by atoms with Gasteiger partial charge in [0.1, 0.15) is 5.82 Å². The number of carbonyl (C=O) groups excluding carboxylic acids is 2. The molecule has 7 nitrogen and oxygen atoms in total. The third-order valence-corrected chi connectivity index (χ3v) is 5.05. The predicted octanol–water partition coefficient (Wildman–Crippen LogP) is 4.87. The van der Waals surface area contributed by atoms with E-state index in [1.807, 2.05) is 44.2 Å². The van der Waals surface area contributed by atoms with Crippen molar-refractivity contribution in [3.05, 3.63) is 89.1 Å². The minimum atomic E-state index is -0.771. The molecular weight excluding hydrogens is 428 g/mol. The first-order valence-electron chi connectivity index (χ1n) is 10.2. The lowest BCUT2D eigenvalue weighted by Gasteiger charge is -2.27. The minimum Gasteiger partial charge on any atom is -0.390 e. The molecule has 0 radical (unpaired) electrons. The second kappa shape index (κ2) is 10.7. The Morgan fingerprint density at radius 2 is 1.72 bits per heavy atom. The van der Waals surface area contributed by atoms with Crippen LogP contribution >= 0.6 is 11.6 Å². The summed E-state index contributed by atoms with van der Waals surface area (Å²) < 4.78 is 0. The zero-order valence-corrected chi connectivity index (χ0v) is 18.5. The number of nitrogens with zero attached hydrogens (tertiary/aromatic N) is 1. The molecule has 2 atom stereocenters. The van der Waals surface area contributed by atoms with Gasteiger partial charge in [0.25, 0.3) is 5.91 Å². The molecule has 2 unspecified atom stereocenters. The Balaban J connectivity index is 1.69. The predicted molar refractivity (Wildman–Crippen MR) is 126 cm³/mol. The first-order chi connectivity index (χ1) is 15.3. The van der Waals surface area contributed by atoms with Crippen LogP contribution < -0.4 is 16.0 Å². The van der Waals surface area contributed by atoms with Gasteiger partial charge in [0.05, 0.1) is 17.2 Å². The number of anilines is 2. The van der Waals surface area contributed by atoms with Crippen molar-refractivity contribution in [2.75, 3.05) is 10.6 Å². The van der Waals surface area contributed by atoms with E-state index in [4.69, 9.17) is 11.6 Å². The number of urea groups is 1. The van der Waals surface area contributed by atoms with E-state index >= 15 is 0 Å². The molecular formula is C24H25ClN4O3. The number of aliphatic hydroxyl groups excluding tert-OH is 1. The lowest BCUT2D eigenvalue weighted by atomic mass is 9.94. The van der Waals surface area contributed by atoms with Crippen LogP contribution in [-0.4, -0.2) is 28.1 Å². The largest absolute Gasteiger partial charge is 0.390 e. The second-order valence-electron chi connectivity index (χ2n) is 7.62. The summed E-state index contributed by atoms with van der Waals surface area (Å²) >= 11 is 5.81. The standard InChI is InChI=1S/C24H25ClN4O3/c1-15(2)22(30)21(16-7-4-3-5-8-16)29-24(32)27-19-10-6-9-17(13-19)23(31)28-20-12-11-18(25)14-26-20/h3-15,21-22,30H,1-2H3,(H,26,28,31)(H2,27,29,32). The fraction of sp³-hybridized carbons (Fsp3) is 0.208. The number of halogens is 1. The van der Waals surface area contributed by atoms with Crippen molar-refractivity contribution in [3.8, 4) is 0 Å². The Bertz CT molecular complexity index is 1060. The highest BCUT2D eigenvalue weighted by atomic mass is 35.5. The van der Waals surface area contributed by atoms with E-state index in [1.54, 1.807) is 36.4 Å². The van der Waals surface area contributed by atoms with E-state index < -0.39 is 18.2 Å². The van der Waals surface area contributed by atoms with Crippen LogP contribution in [0.4, 0.5) is 16.3 Å². The van der Waals surface area contributed by atoms with E-state index in [1.165, 1.54) is 6.20 Å². The molecule has 0 saturated carbocycles. The first-order valence-corrected chi connectivity index (χ1v) is 10.5. The fourth-order valence-electron chi connectivity index (χ4n) is 3.10. The molecule has 0 aliphatic carbocycles. The highest BCUT2D eigenvalue weighted by Gasteiger charge is 2.25. The molecule has 3 rings (SSSR count). The summed E-state index contributed by atoms with van der Waals surface area (Å²) in [4.78, 5) is 29.2. The summed E-state index contributed by atoms with van der Waals surface area (Å²) in [5.41, 5.74) is 1.58. The minimum absolute atomic E-state index is 0.0611. The molecule has 0 bridgehead atoms. The van der Waals surface area contributed by atoms with Crippen LogP contribution in [0.15, 0.2) is 72.9 Å². The Morgan fingerprint density at radius 1 is 0.969 bits per heavy atom. The van der Waals surface area contributed by atoms with Crippen molar-refractivity contribution in [2.24, 2.45) is 5.92 Å². The van der Waals surface area contributed by atoms with Gasteiger partial charge in [-0.05, 0) is 41.8 Å². The van der Waals surface area contributed by atoms with Gasteiger partial charge in [-0.1, -0.05) is 61.8 Å². The van der Waals surface area contributed by atoms with Crippen LogP contribution in [0.5, 0.6) is 0 Å². The third kappa shape index (κ3) is 6.29. The van der Waals surface area contributed by atoms with Gasteiger partial charge in [0.2, 0.25) is 0 Å². The normalized spacial score (nSPS) is 12.7. The van der Waals surface area contributed by atoms with Gasteiger partial charge < -0.3 is 21.1 Å². The topological polar surface area (TPSA) is 103 Å². The van der Waals surface area contributed by atoms with Crippen molar-refractivity contribution in [1.82, 2.24) is 10.3 Å². The Kier molecular flexibility index (Phi) is 7.81. The fourth-order valence-corrected chi connectivity index (χ4v) is 3.21. The van der Waals surface area contributed by atoms with Crippen molar-refractivity contribution in [1.29, 1.82) is 0 Å². The van der Waals surface area contributed by atoms with Gasteiger partial charge >= 0.3 is 6.03 Å². The van der Waals surface area contributed by atoms with Crippen molar-refractivity contribution in [3.63, 3.8) is 0 Å². The Labute approximate surface area is 191 Å².